The predicted octanol–water partition coefficient (Wildman–Crippen LogP) is 3.80. The highest BCUT2D eigenvalue weighted by Crippen LogP contribution is 2.18. The molecule has 108 valence electrons. The first-order valence-corrected chi connectivity index (χ1v) is 7.07. The average molecular weight is 281 g/mol. The van der Waals surface area contributed by atoms with Gasteiger partial charge in [-0.1, -0.05) is 60.7 Å². The molecule has 2 rings (SSSR count). The molecule has 0 aliphatic heterocycles. The van der Waals surface area contributed by atoms with E-state index in [1.165, 1.54) is 0 Å². The van der Waals surface area contributed by atoms with Crippen LogP contribution < -0.4 is 0 Å². The highest BCUT2D eigenvalue weighted by molar-refractivity contribution is 6.43. The summed E-state index contributed by atoms with van der Waals surface area (Å²) in [6.07, 6.45) is 0. The molecule has 0 aromatic heterocycles. The van der Waals surface area contributed by atoms with Crippen LogP contribution in [-0.2, 0) is 9.53 Å². The predicted molar refractivity (Wildman–Crippen MR) is 84.5 cm³/mol. The van der Waals surface area contributed by atoms with Crippen LogP contribution in [0, 0.1) is 0 Å². The van der Waals surface area contributed by atoms with E-state index in [0.29, 0.717) is 12.3 Å². The molecule has 0 radical (unpaired) electrons. The molecule has 3 heteroatoms. The monoisotopic (exact) mass is 281 g/mol. The zero-order chi connectivity index (χ0) is 15.1. The third-order valence-electron chi connectivity index (χ3n) is 3.12. The third-order valence-corrected chi connectivity index (χ3v) is 3.12. The van der Waals surface area contributed by atoms with Gasteiger partial charge in [-0.25, -0.2) is 4.79 Å². The number of esters is 1. The van der Waals surface area contributed by atoms with Gasteiger partial charge in [-0.3, -0.25) is 4.99 Å². The number of aliphatic imine (C=N–C) groups is 1. The molecule has 0 aliphatic carbocycles. The number of hydrogen-bond donors (Lipinski definition) is 0. The molecule has 0 saturated heterocycles. The molecule has 21 heavy (non-hydrogen) atoms. The van der Waals surface area contributed by atoms with Crippen molar-refractivity contribution in [1.82, 2.24) is 0 Å². The van der Waals surface area contributed by atoms with Crippen molar-refractivity contribution in [2.24, 2.45) is 4.99 Å². The van der Waals surface area contributed by atoms with Gasteiger partial charge in [0.1, 0.15) is 0 Å². The molecule has 0 spiro atoms. The minimum atomic E-state index is -0.383. The molecule has 0 fully saturated rings. The summed E-state index contributed by atoms with van der Waals surface area (Å²) >= 11 is 0. The highest BCUT2D eigenvalue weighted by Gasteiger charge is 2.16. The van der Waals surface area contributed by atoms with Gasteiger partial charge in [-0.05, 0) is 19.4 Å². The Morgan fingerprint density at radius 2 is 1.62 bits per heavy atom. The van der Waals surface area contributed by atoms with E-state index >= 15 is 0 Å². The molecular weight excluding hydrogens is 262 g/mol. The van der Waals surface area contributed by atoms with E-state index in [0.717, 1.165) is 11.1 Å². The lowest BCUT2D eigenvalue weighted by atomic mass is 10.1. The van der Waals surface area contributed by atoms with Crippen molar-refractivity contribution < 1.29 is 9.53 Å². The van der Waals surface area contributed by atoms with E-state index in [2.05, 4.69) is 4.99 Å². The molecule has 0 bridgehead atoms. The molecule has 0 unspecified atom stereocenters. The zero-order valence-electron chi connectivity index (χ0n) is 12.3. The number of hydrogen-bond acceptors (Lipinski definition) is 3. The molecule has 2 aromatic rings. The van der Waals surface area contributed by atoms with E-state index < -0.39 is 0 Å². The summed E-state index contributed by atoms with van der Waals surface area (Å²) in [6.45, 7) is 4.10. The summed E-state index contributed by atoms with van der Waals surface area (Å²) in [7, 11) is 0. The van der Waals surface area contributed by atoms with Crippen molar-refractivity contribution in [3.8, 4) is 0 Å². The fraction of sp³-hybridized carbons (Fsp3) is 0.222. The molecule has 2 aromatic carbocycles. The van der Waals surface area contributed by atoms with E-state index in [1.54, 1.807) is 6.92 Å². The Bertz CT molecular complexity index is 606. The van der Waals surface area contributed by atoms with Crippen LogP contribution in [-0.4, -0.2) is 18.3 Å². The lowest BCUT2D eigenvalue weighted by Crippen LogP contribution is -2.19. The maximum Gasteiger partial charge on any atom is 0.357 e. The first-order valence-electron chi connectivity index (χ1n) is 7.07. The maximum absolute atomic E-state index is 12.2. The van der Waals surface area contributed by atoms with Crippen LogP contribution in [0.2, 0.25) is 0 Å². The van der Waals surface area contributed by atoms with Gasteiger partial charge < -0.3 is 4.74 Å². The largest absolute Gasteiger partial charge is 0.461 e. The van der Waals surface area contributed by atoms with Gasteiger partial charge in [-0.2, -0.15) is 0 Å². The normalized spacial score (nSPS) is 12.8. The van der Waals surface area contributed by atoms with Crippen LogP contribution >= 0.6 is 0 Å². The summed E-state index contributed by atoms with van der Waals surface area (Å²) in [4.78, 5) is 16.7. The number of rotatable bonds is 5. The van der Waals surface area contributed by atoms with Gasteiger partial charge in [0.15, 0.2) is 5.71 Å². The Morgan fingerprint density at radius 3 is 2.19 bits per heavy atom. The summed E-state index contributed by atoms with van der Waals surface area (Å²) < 4.78 is 5.13. The van der Waals surface area contributed by atoms with Crippen molar-refractivity contribution in [2.75, 3.05) is 6.61 Å². The minimum Gasteiger partial charge on any atom is -0.461 e. The van der Waals surface area contributed by atoms with Gasteiger partial charge in [-0.15, -0.1) is 0 Å². The molecule has 0 N–H and O–H groups in total. The lowest BCUT2D eigenvalue weighted by molar-refractivity contribution is -0.134. The van der Waals surface area contributed by atoms with Gasteiger partial charge in [0.25, 0.3) is 0 Å². The fourth-order valence-electron chi connectivity index (χ4n) is 2.04. The van der Waals surface area contributed by atoms with Crippen LogP contribution in [0.15, 0.2) is 65.7 Å². The summed E-state index contributed by atoms with van der Waals surface area (Å²) in [5, 5.41) is 0. The van der Waals surface area contributed by atoms with Crippen LogP contribution in [0.25, 0.3) is 0 Å². The smallest absolute Gasteiger partial charge is 0.357 e. The first-order chi connectivity index (χ1) is 10.2. The number of carbonyl (C=O) groups excluding carboxylic acids is 1. The second-order valence-electron chi connectivity index (χ2n) is 4.65. The Kier molecular flexibility index (Phi) is 5.27. The summed E-state index contributed by atoms with van der Waals surface area (Å²) in [5.41, 5.74) is 2.21. The third kappa shape index (κ3) is 4.02. The van der Waals surface area contributed by atoms with E-state index in [1.807, 2.05) is 67.6 Å². The summed E-state index contributed by atoms with van der Waals surface area (Å²) in [6, 6.07) is 19.2. The van der Waals surface area contributed by atoms with Gasteiger partial charge >= 0.3 is 5.97 Å². The Hall–Kier alpha value is -2.42. The lowest BCUT2D eigenvalue weighted by Gasteiger charge is -2.11. The van der Waals surface area contributed by atoms with Crippen molar-refractivity contribution in [3.63, 3.8) is 0 Å². The summed E-state index contributed by atoms with van der Waals surface area (Å²) in [5.74, 6) is -0.383. The number of nitrogens with zero attached hydrogens (tertiary/aromatic N) is 1. The molecule has 0 amide bonds. The molecule has 0 saturated carbocycles. The quantitative estimate of drug-likeness (QED) is 0.617. The topological polar surface area (TPSA) is 38.7 Å². The number of benzene rings is 2. The van der Waals surface area contributed by atoms with Crippen molar-refractivity contribution in [2.45, 2.75) is 19.9 Å². The van der Waals surface area contributed by atoms with Crippen LogP contribution in [0.4, 0.5) is 0 Å². The Labute approximate surface area is 125 Å². The maximum atomic E-state index is 12.2. The number of ether oxygens (including phenoxy) is 1. The van der Waals surface area contributed by atoms with E-state index in [-0.39, 0.29) is 12.0 Å². The van der Waals surface area contributed by atoms with E-state index in [9.17, 15) is 4.79 Å². The van der Waals surface area contributed by atoms with Crippen molar-refractivity contribution in [1.29, 1.82) is 0 Å². The van der Waals surface area contributed by atoms with Crippen molar-refractivity contribution in [3.05, 3.63) is 71.8 Å². The van der Waals surface area contributed by atoms with Crippen LogP contribution in [0.1, 0.15) is 31.0 Å². The molecule has 0 aliphatic rings. The van der Waals surface area contributed by atoms with Crippen LogP contribution in [0.3, 0.4) is 0 Å². The minimum absolute atomic E-state index is 0.106. The first kappa shape index (κ1) is 15.0. The fourth-order valence-corrected chi connectivity index (χ4v) is 2.04. The molecule has 0 heterocycles. The second-order valence-corrected chi connectivity index (χ2v) is 4.65. The van der Waals surface area contributed by atoms with Crippen molar-refractivity contribution >= 4 is 11.7 Å². The van der Waals surface area contributed by atoms with Gasteiger partial charge in [0.2, 0.25) is 0 Å². The SMILES string of the molecule is CCOC(=O)C(=N[C@@H](C)c1ccccc1)c1ccccc1. The Balaban J connectivity index is 2.35. The average Bonchev–Trinajstić information content (AvgIpc) is 2.54. The number of carbonyl (C=O) groups is 1. The Morgan fingerprint density at radius 1 is 1.05 bits per heavy atom. The molecular formula is C18H19NO2. The van der Waals surface area contributed by atoms with Crippen LogP contribution in [0.5, 0.6) is 0 Å². The second kappa shape index (κ2) is 7.39. The molecule has 3 nitrogen and oxygen atoms in total. The van der Waals surface area contributed by atoms with Gasteiger partial charge in [0, 0.05) is 5.56 Å². The van der Waals surface area contributed by atoms with Gasteiger partial charge in [0.05, 0.1) is 12.6 Å². The van der Waals surface area contributed by atoms with E-state index in [4.69, 9.17) is 4.74 Å². The molecule has 1 atom stereocenters. The highest BCUT2D eigenvalue weighted by atomic mass is 16.5. The zero-order valence-corrected chi connectivity index (χ0v) is 12.3. The standard InChI is InChI=1S/C18H19NO2/c1-3-21-18(20)17(16-12-8-5-9-13-16)19-14(2)15-10-6-4-7-11-15/h4-14H,3H2,1-2H3/t14-/m0/s1.